The van der Waals surface area contributed by atoms with Gasteiger partial charge in [0.15, 0.2) is 0 Å². The Bertz CT molecular complexity index is 1640. The minimum atomic E-state index is -0.290. The molecule has 2 amide bonds. The van der Waals surface area contributed by atoms with Crippen LogP contribution in [0.15, 0.2) is 97.2 Å². The van der Waals surface area contributed by atoms with Gasteiger partial charge in [-0.3, -0.25) is 0 Å². The third kappa shape index (κ3) is 4.64. The van der Waals surface area contributed by atoms with Gasteiger partial charge in [0.25, 0.3) is 0 Å². The number of nitrogens with one attached hydrogen (secondary N) is 1. The summed E-state index contributed by atoms with van der Waals surface area (Å²) in [7, 11) is 1.65. The van der Waals surface area contributed by atoms with Crippen LogP contribution in [-0.4, -0.2) is 32.4 Å². The predicted molar refractivity (Wildman–Crippen MR) is 156 cm³/mol. The quantitative estimate of drug-likeness (QED) is 0.277. The van der Waals surface area contributed by atoms with Gasteiger partial charge in [0.1, 0.15) is 11.6 Å². The molecule has 0 radical (unpaired) electrons. The summed E-state index contributed by atoms with van der Waals surface area (Å²) in [6.45, 7) is 4.98. The molecule has 1 aliphatic heterocycles. The molecule has 0 spiro atoms. The number of hydrogen-bond acceptors (Lipinski definition) is 3. The Balaban J connectivity index is 1.45. The van der Waals surface area contributed by atoms with E-state index in [1.54, 1.807) is 7.11 Å². The van der Waals surface area contributed by atoms with E-state index in [9.17, 15) is 4.79 Å². The number of aryl methyl sites for hydroxylation is 2. The Hall–Kier alpha value is -4.78. The summed E-state index contributed by atoms with van der Waals surface area (Å²) in [5, 5.41) is 8.11. The van der Waals surface area contributed by atoms with Gasteiger partial charge in [0, 0.05) is 18.3 Å². The average molecular weight is 532 g/mol. The predicted octanol–water partition coefficient (Wildman–Crippen LogP) is 6.36. The fourth-order valence-corrected chi connectivity index (χ4v) is 5.50. The summed E-state index contributed by atoms with van der Waals surface area (Å²) in [4.78, 5) is 16.0. The zero-order chi connectivity index (χ0) is 27.6. The molecule has 1 aliphatic rings. The summed E-state index contributed by atoms with van der Waals surface area (Å²) in [5.74, 6) is 1.73. The Kier molecular flexibility index (Phi) is 6.86. The molecule has 0 saturated heterocycles. The molecule has 1 atom stereocenters. The van der Waals surface area contributed by atoms with Crippen molar-refractivity contribution in [2.24, 2.45) is 0 Å². The van der Waals surface area contributed by atoms with Crippen molar-refractivity contribution in [3.05, 3.63) is 131 Å². The molecular weight excluding hydrogens is 498 g/mol. The smallest absolute Gasteiger partial charge is 0.318 e. The zero-order valence-corrected chi connectivity index (χ0v) is 23.0. The largest absolute Gasteiger partial charge is 0.497 e. The second kappa shape index (κ2) is 10.8. The molecule has 6 rings (SSSR count). The number of amides is 2. The van der Waals surface area contributed by atoms with Crippen molar-refractivity contribution < 1.29 is 9.53 Å². The molecule has 0 fully saturated rings. The third-order valence-corrected chi connectivity index (χ3v) is 7.63. The van der Waals surface area contributed by atoms with Gasteiger partial charge < -0.3 is 19.5 Å². The van der Waals surface area contributed by atoms with Crippen molar-refractivity contribution >= 4 is 6.03 Å². The minimum absolute atomic E-state index is 0.139. The van der Waals surface area contributed by atoms with Crippen molar-refractivity contribution in [2.45, 2.75) is 39.4 Å². The van der Waals surface area contributed by atoms with Gasteiger partial charge >= 0.3 is 6.03 Å². The lowest BCUT2D eigenvalue weighted by Crippen LogP contribution is -2.41. The lowest BCUT2D eigenvalue weighted by molar-refractivity contribution is 0.180. The van der Waals surface area contributed by atoms with E-state index in [1.807, 2.05) is 65.0 Å². The van der Waals surface area contributed by atoms with Gasteiger partial charge in [0.2, 0.25) is 0 Å². The number of rotatable bonds is 6. The number of urea groups is 1. The standard InChI is InChI=1S/C33H33N5O2/c1-4-24-15-17-26(18-16-24)31-30-14-9-19-36(30)32-29(23(2)35-38(32)27-11-6-5-7-12-27)22-37(31)33(39)34-21-25-10-8-13-28(20-25)40-3/h5-20,31H,4,21-22H2,1-3H3,(H,34,39)/t31-/m1/s1. The molecule has 40 heavy (non-hydrogen) atoms. The topological polar surface area (TPSA) is 64.3 Å². The molecule has 0 unspecified atom stereocenters. The molecule has 3 heterocycles. The van der Waals surface area contributed by atoms with Crippen molar-refractivity contribution in [3.8, 4) is 17.3 Å². The molecular formula is C33H33N5O2. The molecule has 1 N–H and O–H groups in total. The molecule has 5 aromatic rings. The molecule has 7 heteroatoms. The third-order valence-electron chi connectivity index (χ3n) is 7.63. The zero-order valence-electron chi connectivity index (χ0n) is 23.0. The maximum Gasteiger partial charge on any atom is 0.318 e. The lowest BCUT2D eigenvalue weighted by Gasteiger charge is -2.31. The monoisotopic (exact) mass is 531 g/mol. The molecule has 7 nitrogen and oxygen atoms in total. The van der Waals surface area contributed by atoms with Crippen LogP contribution >= 0.6 is 0 Å². The summed E-state index contributed by atoms with van der Waals surface area (Å²) in [6.07, 6.45) is 3.03. The number of fused-ring (bicyclic) bond motifs is 3. The van der Waals surface area contributed by atoms with Crippen molar-refractivity contribution in [2.75, 3.05) is 7.11 Å². The molecule has 2 aromatic heterocycles. The van der Waals surface area contributed by atoms with Crippen LogP contribution < -0.4 is 10.1 Å². The Labute approximate surface area is 234 Å². The van der Waals surface area contributed by atoms with Gasteiger partial charge in [-0.1, -0.05) is 61.5 Å². The van der Waals surface area contributed by atoms with Crippen LogP contribution in [0.4, 0.5) is 4.79 Å². The van der Waals surface area contributed by atoms with Crippen LogP contribution in [0.3, 0.4) is 0 Å². The Morgan fingerprint density at radius 1 is 0.975 bits per heavy atom. The molecule has 3 aromatic carbocycles. The summed E-state index contributed by atoms with van der Waals surface area (Å²) < 4.78 is 9.55. The molecule has 0 aliphatic carbocycles. The SMILES string of the molecule is CCc1ccc([C@@H]2c3cccn3-c3c(c(C)nn3-c3ccccc3)CN2C(=O)NCc2cccc(OC)c2)cc1. The highest BCUT2D eigenvalue weighted by atomic mass is 16.5. The first-order chi connectivity index (χ1) is 19.6. The average Bonchev–Trinajstić information content (AvgIpc) is 3.56. The van der Waals surface area contributed by atoms with E-state index >= 15 is 0 Å². The van der Waals surface area contributed by atoms with Gasteiger partial charge in [0.05, 0.1) is 36.8 Å². The van der Waals surface area contributed by atoms with Crippen LogP contribution in [0.1, 0.15) is 46.6 Å². The van der Waals surface area contributed by atoms with Crippen LogP contribution in [0, 0.1) is 6.92 Å². The van der Waals surface area contributed by atoms with Crippen molar-refractivity contribution in [1.82, 2.24) is 24.6 Å². The number of methoxy groups -OCH3 is 1. The van der Waals surface area contributed by atoms with Gasteiger partial charge in [-0.05, 0) is 66.4 Å². The highest BCUT2D eigenvalue weighted by molar-refractivity contribution is 5.76. The summed E-state index contributed by atoms with van der Waals surface area (Å²) >= 11 is 0. The second-order valence-corrected chi connectivity index (χ2v) is 10.1. The number of ether oxygens (including phenoxy) is 1. The number of para-hydroxylation sites is 1. The van der Waals surface area contributed by atoms with Crippen LogP contribution in [0.2, 0.25) is 0 Å². The maximum atomic E-state index is 14.1. The van der Waals surface area contributed by atoms with E-state index in [0.717, 1.165) is 51.8 Å². The van der Waals surface area contributed by atoms with E-state index in [-0.39, 0.29) is 12.1 Å². The van der Waals surface area contributed by atoms with E-state index < -0.39 is 0 Å². The van der Waals surface area contributed by atoms with Gasteiger partial charge in [-0.25, -0.2) is 9.48 Å². The molecule has 202 valence electrons. The molecule has 0 saturated carbocycles. The van der Waals surface area contributed by atoms with Crippen molar-refractivity contribution in [3.63, 3.8) is 0 Å². The van der Waals surface area contributed by atoms with Gasteiger partial charge in [-0.15, -0.1) is 0 Å². The maximum absolute atomic E-state index is 14.1. The molecule has 0 bridgehead atoms. The number of benzene rings is 3. The first-order valence-electron chi connectivity index (χ1n) is 13.6. The number of aromatic nitrogens is 3. The number of nitrogens with zero attached hydrogens (tertiary/aromatic N) is 4. The first kappa shape index (κ1) is 25.5. The fourth-order valence-electron chi connectivity index (χ4n) is 5.50. The first-order valence-corrected chi connectivity index (χ1v) is 13.6. The van der Waals surface area contributed by atoms with Gasteiger partial charge in [-0.2, -0.15) is 5.10 Å². The summed E-state index contributed by atoms with van der Waals surface area (Å²) in [5.41, 5.74) is 7.21. The number of hydrogen-bond donors (Lipinski definition) is 1. The fraction of sp³-hybridized carbons (Fsp3) is 0.212. The van der Waals surface area contributed by atoms with E-state index in [4.69, 9.17) is 9.84 Å². The highest BCUT2D eigenvalue weighted by Gasteiger charge is 2.35. The van der Waals surface area contributed by atoms with E-state index in [0.29, 0.717) is 13.1 Å². The van der Waals surface area contributed by atoms with Crippen LogP contribution in [0.5, 0.6) is 5.75 Å². The number of carbonyl (C=O) groups is 1. The summed E-state index contributed by atoms with van der Waals surface area (Å²) in [6, 6.07) is 30.3. The lowest BCUT2D eigenvalue weighted by atomic mass is 9.99. The van der Waals surface area contributed by atoms with Crippen molar-refractivity contribution in [1.29, 1.82) is 0 Å². The number of carbonyl (C=O) groups excluding carboxylic acids is 1. The highest BCUT2D eigenvalue weighted by Crippen LogP contribution is 2.38. The Morgan fingerprint density at radius 2 is 1.77 bits per heavy atom. The minimum Gasteiger partial charge on any atom is -0.497 e. The van der Waals surface area contributed by atoms with E-state index in [2.05, 4.69) is 65.5 Å². The van der Waals surface area contributed by atoms with Crippen LogP contribution in [0.25, 0.3) is 11.5 Å². The second-order valence-electron chi connectivity index (χ2n) is 10.1. The van der Waals surface area contributed by atoms with E-state index in [1.165, 1.54) is 5.56 Å². The normalized spacial score (nSPS) is 14.3. The Morgan fingerprint density at radius 3 is 2.52 bits per heavy atom. The van der Waals surface area contributed by atoms with Crippen LogP contribution in [-0.2, 0) is 19.5 Å².